The maximum Gasteiger partial charge on any atom is 0.143 e. The van der Waals surface area contributed by atoms with Gasteiger partial charge in [0.05, 0.1) is 16.6 Å². The number of hydrogen-bond donors (Lipinski definition) is 0. The van der Waals surface area contributed by atoms with Crippen LogP contribution in [0, 0.1) is 0 Å². The summed E-state index contributed by atoms with van der Waals surface area (Å²) in [6.07, 6.45) is 0. The zero-order chi connectivity index (χ0) is 39.5. The number of benzene rings is 11. The predicted octanol–water partition coefficient (Wildman–Crippen LogP) is 16.6. The average molecular weight is 774 g/mol. The molecule has 0 saturated heterocycles. The van der Waals surface area contributed by atoms with E-state index in [1.54, 1.807) is 0 Å². The van der Waals surface area contributed by atoms with Gasteiger partial charge in [0.25, 0.3) is 0 Å². The van der Waals surface area contributed by atoms with Gasteiger partial charge in [-0.15, -0.1) is 0 Å². The quantitative estimate of drug-likeness (QED) is 0.175. The van der Waals surface area contributed by atoms with Gasteiger partial charge < -0.3 is 13.2 Å². The molecule has 15 rings (SSSR count). The molecular formula is C58H31NO2. The fourth-order valence-corrected chi connectivity index (χ4v) is 11.2. The zero-order valence-corrected chi connectivity index (χ0v) is 32.7. The van der Waals surface area contributed by atoms with Gasteiger partial charge in [-0.05, 0) is 79.5 Å². The van der Waals surface area contributed by atoms with Crippen molar-refractivity contribution in [2.24, 2.45) is 0 Å². The first kappa shape index (κ1) is 31.8. The zero-order valence-electron chi connectivity index (χ0n) is 32.7. The second kappa shape index (κ2) is 11.3. The number of rotatable bonds is 2. The minimum atomic E-state index is 0.900. The number of para-hydroxylation sites is 3. The monoisotopic (exact) mass is 773 g/mol. The molecule has 11 aromatic carbocycles. The minimum absolute atomic E-state index is 0.900. The molecule has 3 heteroatoms. The fourth-order valence-electron chi connectivity index (χ4n) is 11.2. The number of nitrogens with zero attached hydrogens (tertiary/aromatic N) is 1. The summed E-state index contributed by atoms with van der Waals surface area (Å²) in [4.78, 5) is 0. The van der Waals surface area contributed by atoms with Crippen LogP contribution < -0.4 is 0 Å². The van der Waals surface area contributed by atoms with Gasteiger partial charge in [0.2, 0.25) is 0 Å². The van der Waals surface area contributed by atoms with E-state index in [4.69, 9.17) is 8.83 Å². The SMILES string of the molecule is c1ccc2c(-c3c4ccccc4cc4c3c3cccc5c6c(-c7c8ccccc8cc8c7oc7ccccc78)c7ccccc7cc6n4c35)c3oc4ccccc4c3cc2c1. The first-order chi connectivity index (χ1) is 30.3. The molecule has 4 heterocycles. The van der Waals surface area contributed by atoms with E-state index in [9.17, 15) is 0 Å². The molecule has 0 unspecified atom stereocenters. The topological polar surface area (TPSA) is 30.7 Å². The van der Waals surface area contributed by atoms with Crippen LogP contribution in [0.25, 0.3) is 147 Å². The molecule has 0 bridgehead atoms. The Labute approximate surface area is 347 Å². The van der Waals surface area contributed by atoms with Crippen LogP contribution in [0.2, 0.25) is 0 Å². The van der Waals surface area contributed by atoms with Gasteiger partial charge in [-0.3, -0.25) is 0 Å². The summed E-state index contributed by atoms with van der Waals surface area (Å²) in [7, 11) is 0. The third-order valence-electron chi connectivity index (χ3n) is 13.6. The van der Waals surface area contributed by atoms with Crippen molar-refractivity contribution in [2.75, 3.05) is 0 Å². The van der Waals surface area contributed by atoms with Crippen molar-refractivity contribution in [1.29, 1.82) is 0 Å². The van der Waals surface area contributed by atoms with Gasteiger partial charge in [0.15, 0.2) is 0 Å². The molecule has 0 radical (unpaired) electrons. The van der Waals surface area contributed by atoms with E-state index in [0.717, 1.165) is 55.0 Å². The molecule has 3 nitrogen and oxygen atoms in total. The molecule has 0 aliphatic rings. The smallest absolute Gasteiger partial charge is 0.143 e. The highest BCUT2D eigenvalue weighted by Gasteiger charge is 2.28. The highest BCUT2D eigenvalue weighted by molar-refractivity contribution is 6.36. The lowest BCUT2D eigenvalue weighted by molar-refractivity contribution is 0.670. The van der Waals surface area contributed by atoms with Gasteiger partial charge in [-0.2, -0.15) is 0 Å². The second-order valence-electron chi connectivity index (χ2n) is 16.7. The van der Waals surface area contributed by atoms with E-state index >= 15 is 0 Å². The van der Waals surface area contributed by atoms with Crippen molar-refractivity contribution in [1.82, 2.24) is 4.40 Å². The summed E-state index contributed by atoms with van der Waals surface area (Å²) in [6, 6.07) is 68.6. The molecule has 0 aliphatic carbocycles. The molecule has 0 aliphatic heterocycles. The average Bonchev–Trinajstić information content (AvgIpc) is 4.06. The molecule has 0 spiro atoms. The fraction of sp³-hybridized carbons (Fsp3) is 0. The molecule has 0 saturated carbocycles. The number of aromatic nitrogens is 1. The van der Waals surface area contributed by atoms with E-state index in [1.165, 1.54) is 92.3 Å². The lowest BCUT2D eigenvalue weighted by atomic mass is 9.87. The number of hydrogen-bond acceptors (Lipinski definition) is 2. The molecule has 15 aromatic rings. The molecular weight excluding hydrogens is 743 g/mol. The number of fused-ring (bicyclic) bond motifs is 16. The van der Waals surface area contributed by atoms with Crippen molar-refractivity contribution in [2.45, 2.75) is 0 Å². The van der Waals surface area contributed by atoms with E-state index < -0.39 is 0 Å². The molecule has 0 atom stereocenters. The van der Waals surface area contributed by atoms with Crippen molar-refractivity contribution < 1.29 is 8.83 Å². The Morgan fingerprint density at radius 2 is 0.623 bits per heavy atom. The summed E-state index contributed by atoms with van der Waals surface area (Å²) in [6.45, 7) is 0. The van der Waals surface area contributed by atoms with Crippen molar-refractivity contribution >= 4 is 125 Å². The van der Waals surface area contributed by atoms with Crippen molar-refractivity contribution in [3.05, 3.63) is 188 Å². The van der Waals surface area contributed by atoms with Crippen LogP contribution in [-0.4, -0.2) is 4.40 Å². The van der Waals surface area contributed by atoms with E-state index in [1.807, 2.05) is 0 Å². The Morgan fingerprint density at radius 1 is 0.279 bits per heavy atom. The van der Waals surface area contributed by atoms with Gasteiger partial charge in [0.1, 0.15) is 22.3 Å². The Bertz CT molecular complexity index is 4130. The molecule has 4 aromatic heterocycles. The summed E-state index contributed by atoms with van der Waals surface area (Å²) in [5.74, 6) is 0. The Hall–Kier alpha value is -8.14. The van der Waals surface area contributed by atoms with Crippen molar-refractivity contribution in [3.63, 3.8) is 0 Å². The standard InChI is InChI=1S/C58H31NO2/c1-7-20-38-32(14-1)28-44-40-22-9-11-26-48(40)60-57(44)54(38)52-36-18-5-3-16-34(36)30-46-50(52)42-24-13-25-43-51-47(59(46)56(42)43)31-35-17-4-6-19-37(35)53(51)55-39-21-8-2-15-33(39)29-45-41-23-10-12-27-49(41)61-58(45)55/h1-31H. The Kier molecular flexibility index (Phi) is 5.90. The van der Waals surface area contributed by atoms with Crippen LogP contribution >= 0.6 is 0 Å². The van der Waals surface area contributed by atoms with Gasteiger partial charge in [-0.25, -0.2) is 0 Å². The normalized spacial score (nSPS) is 12.6. The van der Waals surface area contributed by atoms with E-state index in [-0.39, 0.29) is 0 Å². The van der Waals surface area contributed by atoms with Crippen LogP contribution in [0.4, 0.5) is 0 Å². The highest BCUT2D eigenvalue weighted by atomic mass is 16.3. The van der Waals surface area contributed by atoms with Crippen LogP contribution in [0.5, 0.6) is 0 Å². The molecule has 280 valence electrons. The summed E-state index contributed by atoms with van der Waals surface area (Å²) in [5.41, 5.74) is 11.9. The minimum Gasteiger partial charge on any atom is -0.455 e. The van der Waals surface area contributed by atoms with Crippen LogP contribution in [-0.2, 0) is 0 Å². The summed E-state index contributed by atoms with van der Waals surface area (Å²) in [5, 5.41) is 19.0. The molecule has 61 heavy (non-hydrogen) atoms. The van der Waals surface area contributed by atoms with E-state index in [0.29, 0.717) is 0 Å². The second-order valence-corrected chi connectivity index (χ2v) is 16.7. The summed E-state index contributed by atoms with van der Waals surface area (Å²) < 4.78 is 16.5. The largest absolute Gasteiger partial charge is 0.455 e. The maximum atomic E-state index is 6.95. The van der Waals surface area contributed by atoms with Gasteiger partial charge in [0, 0.05) is 65.3 Å². The van der Waals surface area contributed by atoms with Crippen molar-refractivity contribution in [3.8, 4) is 22.3 Å². The Morgan fingerprint density at radius 3 is 1.07 bits per heavy atom. The van der Waals surface area contributed by atoms with Gasteiger partial charge in [-0.1, -0.05) is 152 Å². The predicted molar refractivity (Wildman–Crippen MR) is 257 cm³/mol. The molecule has 0 fully saturated rings. The van der Waals surface area contributed by atoms with Gasteiger partial charge >= 0.3 is 0 Å². The van der Waals surface area contributed by atoms with Crippen LogP contribution in [0.15, 0.2) is 197 Å². The number of furan rings is 2. The first-order valence-electron chi connectivity index (χ1n) is 21.0. The van der Waals surface area contributed by atoms with Crippen LogP contribution in [0.1, 0.15) is 0 Å². The Balaban J connectivity index is 1.18. The first-order valence-corrected chi connectivity index (χ1v) is 21.0. The lowest BCUT2D eigenvalue weighted by Gasteiger charge is -2.16. The van der Waals surface area contributed by atoms with Crippen LogP contribution in [0.3, 0.4) is 0 Å². The third-order valence-corrected chi connectivity index (χ3v) is 13.6. The van der Waals surface area contributed by atoms with E-state index in [2.05, 4.69) is 192 Å². The lowest BCUT2D eigenvalue weighted by Crippen LogP contribution is -1.91. The highest BCUT2D eigenvalue weighted by Crippen LogP contribution is 2.53. The summed E-state index contributed by atoms with van der Waals surface area (Å²) >= 11 is 0. The molecule has 0 amide bonds. The maximum absolute atomic E-state index is 6.95. The molecule has 0 N–H and O–H groups in total. The third kappa shape index (κ3) is 3.99.